The maximum Gasteiger partial charge on any atom is 0.388 e. The molecule has 0 aromatic carbocycles. The second-order valence-electron chi connectivity index (χ2n) is 2.81. The van der Waals surface area contributed by atoms with Crippen LogP contribution in [0, 0.1) is 0 Å². The Morgan fingerprint density at radius 1 is 1.62 bits per heavy atom. The number of ether oxygens (including phenoxy) is 1. The lowest BCUT2D eigenvalue weighted by atomic mass is 10.2. The maximum atomic E-state index is 11.9. The van der Waals surface area contributed by atoms with Crippen molar-refractivity contribution in [3.63, 3.8) is 0 Å². The molecule has 0 atom stereocenters. The number of rotatable bonds is 4. The number of carbonyl (C=O) groups is 1. The van der Waals surface area contributed by atoms with Crippen molar-refractivity contribution in [3.8, 4) is 5.88 Å². The molecule has 0 aliphatic heterocycles. The number of pyridine rings is 1. The summed E-state index contributed by atoms with van der Waals surface area (Å²) in [7, 11) is 1.48. The van der Waals surface area contributed by atoms with Gasteiger partial charge in [-0.05, 0) is 11.6 Å². The molecule has 5 nitrogen and oxygen atoms in total. The largest absolute Gasteiger partial charge is 0.417 e. The number of halogens is 2. The van der Waals surface area contributed by atoms with E-state index in [1.54, 1.807) is 6.07 Å². The van der Waals surface area contributed by atoms with Crippen molar-refractivity contribution in [2.75, 3.05) is 7.05 Å². The summed E-state index contributed by atoms with van der Waals surface area (Å²) in [6, 6.07) is 2.57. The van der Waals surface area contributed by atoms with E-state index in [1.807, 2.05) is 0 Å². The number of nitrogens with zero attached hydrogens (tertiary/aromatic N) is 1. The molecular weight excluding hydrogens is 220 g/mol. The fraction of sp³-hybridized carbons (Fsp3) is 0.333. The van der Waals surface area contributed by atoms with Crippen molar-refractivity contribution < 1.29 is 18.3 Å². The summed E-state index contributed by atoms with van der Waals surface area (Å²) in [5.41, 5.74) is 0.620. The highest BCUT2D eigenvalue weighted by atomic mass is 19.3. The van der Waals surface area contributed by atoms with E-state index in [9.17, 15) is 13.6 Å². The van der Waals surface area contributed by atoms with Gasteiger partial charge >= 0.3 is 12.6 Å². The van der Waals surface area contributed by atoms with Gasteiger partial charge in [0, 0.05) is 25.9 Å². The summed E-state index contributed by atoms with van der Waals surface area (Å²) in [5, 5.41) is 4.87. The minimum Gasteiger partial charge on any atom is -0.417 e. The topological polar surface area (TPSA) is 63.2 Å². The zero-order valence-corrected chi connectivity index (χ0v) is 8.54. The molecule has 0 spiro atoms. The number of hydrogen-bond acceptors (Lipinski definition) is 3. The van der Waals surface area contributed by atoms with E-state index in [-0.39, 0.29) is 18.5 Å². The van der Waals surface area contributed by atoms with Crippen molar-refractivity contribution >= 4 is 6.03 Å². The van der Waals surface area contributed by atoms with E-state index in [2.05, 4.69) is 20.4 Å². The number of alkyl halides is 2. The van der Waals surface area contributed by atoms with Gasteiger partial charge in [-0.2, -0.15) is 8.78 Å². The molecule has 16 heavy (non-hydrogen) atoms. The van der Waals surface area contributed by atoms with Crippen LogP contribution in [0.4, 0.5) is 13.6 Å². The summed E-state index contributed by atoms with van der Waals surface area (Å²) in [5.74, 6) is -0.175. The van der Waals surface area contributed by atoms with Crippen LogP contribution in [0.2, 0.25) is 0 Å². The molecular formula is C9H11F2N3O2. The zero-order valence-electron chi connectivity index (χ0n) is 8.54. The molecule has 2 N–H and O–H groups in total. The highest BCUT2D eigenvalue weighted by molar-refractivity contribution is 5.73. The summed E-state index contributed by atoms with van der Waals surface area (Å²) in [4.78, 5) is 14.5. The third-order valence-electron chi connectivity index (χ3n) is 1.69. The Morgan fingerprint density at radius 3 is 3.00 bits per heavy atom. The predicted molar refractivity (Wildman–Crippen MR) is 52.2 cm³/mol. The van der Waals surface area contributed by atoms with E-state index in [1.165, 1.54) is 19.3 Å². The van der Waals surface area contributed by atoms with Crippen LogP contribution in [0.15, 0.2) is 18.3 Å². The van der Waals surface area contributed by atoms with Crippen LogP contribution in [0.3, 0.4) is 0 Å². The molecule has 88 valence electrons. The molecule has 0 aliphatic carbocycles. The van der Waals surface area contributed by atoms with Crippen molar-refractivity contribution in [3.05, 3.63) is 23.9 Å². The van der Waals surface area contributed by atoms with Gasteiger partial charge in [-0.15, -0.1) is 0 Å². The van der Waals surface area contributed by atoms with Gasteiger partial charge in [-0.3, -0.25) is 0 Å². The van der Waals surface area contributed by atoms with Crippen LogP contribution in [0.25, 0.3) is 0 Å². The molecule has 2 amide bonds. The van der Waals surface area contributed by atoms with E-state index >= 15 is 0 Å². The Balaban J connectivity index is 2.56. The van der Waals surface area contributed by atoms with Gasteiger partial charge in [-0.25, -0.2) is 9.78 Å². The minimum atomic E-state index is -2.91. The lowest BCUT2D eigenvalue weighted by Gasteiger charge is -2.06. The second kappa shape index (κ2) is 5.84. The first-order chi connectivity index (χ1) is 7.61. The normalized spacial score (nSPS) is 10.0. The molecule has 0 fully saturated rings. The molecule has 0 radical (unpaired) electrons. The molecule has 0 aliphatic rings. The molecule has 0 saturated carbocycles. The molecule has 7 heteroatoms. The quantitative estimate of drug-likeness (QED) is 0.816. The highest BCUT2D eigenvalue weighted by Crippen LogP contribution is 2.11. The summed E-state index contributed by atoms with van der Waals surface area (Å²) < 4.78 is 27.9. The lowest BCUT2D eigenvalue weighted by Crippen LogP contribution is -2.32. The van der Waals surface area contributed by atoms with E-state index in [4.69, 9.17) is 0 Å². The van der Waals surface area contributed by atoms with Crippen molar-refractivity contribution in [1.82, 2.24) is 15.6 Å². The molecule has 0 saturated heterocycles. The van der Waals surface area contributed by atoms with Gasteiger partial charge < -0.3 is 15.4 Å². The van der Waals surface area contributed by atoms with Crippen LogP contribution in [0.5, 0.6) is 5.88 Å². The van der Waals surface area contributed by atoms with Gasteiger partial charge in [-0.1, -0.05) is 0 Å². The Labute approximate surface area is 90.8 Å². The fourth-order valence-electron chi connectivity index (χ4n) is 0.987. The predicted octanol–water partition coefficient (Wildman–Crippen LogP) is 1.11. The van der Waals surface area contributed by atoms with Gasteiger partial charge in [0.1, 0.15) is 0 Å². The van der Waals surface area contributed by atoms with E-state index in [0.717, 1.165) is 0 Å². The monoisotopic (exact) mass is 231 g/mol. The second-order valence-corrected chi connectivity index (χ2v) is 2.81. The number of amides is 2. The SMILES string of the molecule is CNC(=O)NCc1ccnc(OC(F)F)c1. The average molecular weight is 231 g/mol. The number of nitrogens with one attached hydrogen (secondary N) is 2. The molecule has 1 rings (SSSR count). The van der Waals surface area contributed by atoms with E-state index < -0.39 is 6.61 Å². The number of aromatic nitrogens is 1. The van der Waals surface area contributed by atoms with Crippen LogP contribution < -0.4 is 15.4 Å². The zero-order chi connectivity index (χ0) is 12.0. The first kappa shape index (κ1) is 12.2. The van der Waals surface area contributed by atoms with Crippen LogP contribution in [-0.2, 0) is 6.54 Å². The highest BCUT2D eigenvalue weighted by Gasteiger charge is 2.06. The molecule has 0 bridgehead atoms. The van der Waals surface area contributed by atoms with Gasteiger partial charge in [0.05, 0.1) is 0 Å². The number of carbonyl (C=O) groups excluding carboxylic acids is 1. The van der Waals surface area contributed by atoms with Crippen molar-refractivity contribution in [1.29, 1.82) is 0 Å². The molecule has 1 aromatic rings. The van der Waals surface area contributed by atoms with Crippen molar-refractivity contribution in [2.24, 2.45) is 0 Å². The van der Waals surface area contributed by atoms with Gasteiger partial charge in [0.2, 0.25) is 5.88 Å². The third-order valence-corrected chi connectivity index (χ3v) is 1.69. The molecule has 1 aromatic heterocycles. The van der Waals surface area contributed by atoms with Gasteiger partial charge in [0.15, 0.2) is 0 Å². The standard InChI is InChI=1S/C9H11F2N3O2/c1-12-9(15)14-5-6-2-3-13-7(4-6)16-8(10)11/h2-4,8H,5H2,1H3,(H2,12,14,15). The van der Waals surface area contributed by atoms with Crippen LogP contribution >= 0.6 is 0 Å². The first-order valence-electron chi connectivity index (χ1n) is 4.47. The summed E-state index contributed by atoms with van der Waals surface area (Å²) in [6.07, 6.45) is 1.33. The summed E-state index contributed by atoms with van der Waals surface area (Å²) >= 11 is 0. The smallest absolute Gasteiger partial charge is 0.388 e. The Bertz CT molecular complexity index is 360. The van der Waals surface area contributed by atoms with E-state index in [0.29, 0.717) is 5.56 Å². The molecule has 0 unspecified atom stereocenters. The molecule has 1 heterocycles. The Kier molecular flexibility index (Phi) is 4.43. The lowest BCUT2D eigenvalue weighted by molar-refractivity contribution is -0.0528. The van der Waals surface area contributed by atoms with Crippen LogP contribution in [0.1, 0.15) is 5.56 Å². The Hall–Kier alpha value is -1.92. The minimum absolute atomic E-state index is 0.175. The first-order valence-corrected chi connectivity index (χ1v) is 4.47. The van der Waals surface area contributed by atoms with Crippen molar-refractivity contribution in [2.45, 2.75) is 13.2 Å². The third kappa shape index (κ3) is 4.07. The average Bonchev–Trinajstić information content (AvgIpc) is 2.25. The number of urea groups is 1. The number of hydrogen-bond donors (Lipinski definition) is 2. The van der Waals surface area contributed by atoms with Crippen LogP contribution in [-0.4, -0.2) is 24.7 Å². The maximum absolute atomic E-state index is 11.9. The van der Waals surface area contributed by atoms with Gasteiger partial charge in [0.25, 0.3) is 0 Å². The summed E-state index contributed by atoms with van der Waals surface area (Å²) in [6.45, 7) is -2.70. The Morgan fingerprint density at radius 2 is 2.38 bits per heavy atom. The fourth-order valence-corrected chi connectivity index (χ4v) is 0.987.